The van der Waals surface area contributed by atoms with Gasteiger partial charge < -0.3 is 10.0 Å². The summed E-state index contributed by atoms with van der Waals surface area (Å²) >= 11 is 0. The normalized spacial score (nSPS) is 16.0. The molecular formula is C21H20N4O3. The number of carbonyl (C=O) groups is 2. The van der Waals surface area contributed by atoms with Crippen LogP contribution in [0.15, 0.2) is 60.9 Å². The number of benzene rings is 2. The van der Waals surface area contributed by atoms with Gasteiger partial charge in [0.05, 0.1) is 29.3 Å². The van der Waals surface area contributed by atoms with Crippen LogP contribution in [-0.4, -0.2) is 39.5 Å². The van der Waals surface area contributed by atoms with Crippen LogP contribution < -0.4 is 9.80 Å². The lowest BCUT2D eigenvalue weighted by Gasteiger charge is -2.39. The molecule has 0 unspecified atom stereocenters. The number of carbonyl (C=O) groups excluding carboxylic acids is 1. The molecule has 0 spiro atoms. The molecule has 3 aromatic rings. The van der Waals surface area contributed by atoms with Gasteiger partial charge in [-0.2, -0.15) is 5.10 Å². The highest BCUT2D eigenvalue weighted by Gasteiger charge is 2.33. The Kier molecular flexibility index (Phi) is 4.35. The van der Waals surface area contributed by atoms with E-state index in [2.05, 4.69) is 5.10 Å². The van der Waals surface area contributed by atoms with E-state index in [4.69, 9.17) is 0 Å². The van der Waals surface area contributed by atoms with E-state index in [-0.39, 0.29) is 18.5 Å². The summed E-state index contributed by atoms with van der Waals surface area (Å²) in [6.07, 6.45) is 2.61. The van der Waals surface area contributed by atoms with Gasteiger partial charge in [-0.25, -0.2) is 9.48 Å². The molecule has 1 aromatic heterocycles. The number of hydrogen-bond donors (Lipinski definition) is 1. The van der Waals surface area contributed by atoms with Gasteiger partial charge in [0, 0.05) is 25.2 Å². The van der Waals surface area contributed by atoms with Crippen LogP contribution in [-0.2, 0) is 4.79 Å². The largest absolute Gasteiger partial charge is 0.465 e. The molecule has 2 heterocycles. The summed E-state index contributed by atoms with van der Waals surface area (Å²) in [5, 5.41) is 14.1. The van der Waals surface area contributed by atoms with E-state index in [1.807, 2.05) is 49.5 Å². The molecule has 0 aliphatic carbocycles. The van der Waals surface area contributed by atoms with E-state index >= 15 is 0 Å². The second-order valence-corrected chi connectivity index (χ2v) is 6.84. The van der Waals surface area contributed by atoms with Gasteiger partial charge in [-0.1, -0.05) is 24.3 Å². The molecule has 1 aliphatic rings. The van der Waals surface area contributed by atoms with E-state index in [1.54, 1.807) is 27.9 Å². The Morgan fingerprint density at radius 1 is 1.07 bits per heavy atom. The molecule has 0 saturated heterocycles. The van der Waals surface area contributed by atoms with Gasteiger partial charge in [0.15, 0.2) is 0 Å². The number of aromatic nitrogens is 2. The summed E-state index contributed by atoms with van der Waals surface area (Å²) in [6, 6.07) is 15.0. The van der Waals surface area contributed by atoms with Gasteiger partial charge in [-0.3, -0.25) is 9.69 Å². The molecule has 7 heteroatoms. The quantitative estimate of drug-likeness (QED) is 0.738. The lowest BCUT2D eigenvalue weighted by atomic mass is 10.0. The number of rotatable bonds is 2. The minimum absolute atomic E-state index is 0.108. The smallest absolute Gasteiger partial charge is 0.411 e. The highest BCUT2D eigenvalue weighted by atomic mass is 16.4. The van der Waals surface area contributed by atoms with Crippen molar-refractivity contribution in [3.05, 3.63) is 60.9 Å². The van der Waals surface area contributed by atoms with Crippen molar-refractivity contribution in [3.63, 3.8) is 0 Å². The van der Waals surface area contributed by atoms with Gasteiger partial charge in [0.1, 0.15) is 0 Å². The van der Waals surface area contributed by atoms with Crippen molar-refractivity contribution >= 4 is 23.4 Å². The van der Waals surface area contributed by atoms with E-state index in [9.17, 15) is 14.7 Å². The molecule has 0 fully saturated rings. The van der Waals surface area contributed by atoms with Gasteiger partial charge >= 0.3 is 6.09 Å². The SMILES string of the molecule is CC(=O)N1c2ccc(-c3cnn(-c4ccccc4)c3)cc2N(C(=O)O)C[C@@H]1C. The lowest BCUT2D eigenvalue weighted by molar-refractivity contribution is -0.117. The predicted octanol–water partition coefficient (Wildman–Crippen LogP) is 3.78. The third-order valence-electron chi connectivity index (χ3n) is 4.92. The molecule has 142 valence electrons. The summed E-state index contributed by atoms with van der Waals surface area (Å²) in [4.78, 5) is 26.8. The second-order valence-electron chi connectivity index (χ2n) is 6.84. The molecule has 0 bridgehead atoms. The standard InChI is InChI=1S/C21H20N4O3/c1-14-12-23(21(27)28)20-10-16(8-9-19(20)25(14)15(2)26)17-11-22-24(13-17)18-6-4-3-5-7-18/h3-11,13-14H,12H2,1-2H3,(H,27,28)/t14-/m0/s1. The van der Waals surface area contributed by atoms with Crippen molar-refractivity contribution in [3.8, 4) is 16.8 Å². The molecule has 1 atom stereocenters. The van der Waals surface area contributed by atoms with E-state index in [0.29, 0.717) is 11.4 Å². The van der Waals surface area contributed by atoms with Crippen molar-refractivity contribution in [2.75, 3.05) is 16.3 Å². The Morgan fingerprint density at radius 3 is 2.50 bits per heavy atom. The number of hydrogen-bond acceptors (Lipinski definition) is 3. The summed E-state index contributed by atoms with van der Waals surface area (Å²) in [7, 11) is 0. The molecule has 2 amide bonds. The summed E-state index contributed by atoms with van der Waals surface area (Å²) in [5.74, 6) is -0.108. The highest BCUT2D eigenvalue weighted by molar-refractivity contribution is 6.02. The summed E-state index contributed by atoms with van der Waals surface area (Å²) in [6.45, 7) is 3.57. The molecule has 0 radical (unpaired) electrons. The van der Waals surface area contributed by atoms with Crippen molar-refractivity contribution in [2.45, 2.75) is 19.9 Å². The number of fused-ring (bicyclic) bond motifs is 1. The van der Waals surface area contributed by atoms with Crippen LogP contribution in [0.1, 0.15) is 13.8 Å². The van der Waals surface area contributed by atoms with Crippen molar-refractivity contribution < 1.29 is 14.7 Å². The molecule has 1 N–H and O–H groups in total. The van der Waals surface area contributed by atoms with Gasteiger partial charge in [0.2, 0.25) is 5.91 Å². The molecular weight excluding hydrogens is 356 g/mol. The summed E-state index contributed by atoms with van der Waals surface area (Å²) < 4.78 is 1.77. The van der Waals surface area contributed by atoms with Crippen LogP contribution in [0.25, 0.3) is 16.8 Å². The third kappa shape index (κ3) is 3.00. The van der Waals surface area contributed by atoms with Gasteiger partial charge in [-0.05, 0) is 36.8 Å². The highest BCUT2D eigenvalue weighted by Crippen LogP contribution is 2.38. The molecule has 1 aliphatic heterocycles. The maximum Gasteiger partial charge on any atom is 0.411 e. The number of nitrogens with zero attached hydrogens (tertiary/aromatic N) is 4. The van der Waals surface area contributed by atoms with Crippen molar-refractivity contribution in [1.82, 2.24) is 9.78 Å². The fraction of sp³-hybridized carbons (Fsp3) is 0.190. The predicted molar refractivity (Wildman–Crippen MR) is 107 cm³/mol. The Hall–Kier alpha value is -3.61. The molecule has 4 rings (SSSR count). The monoisotopic (exact) mass is 376 g/mol. The van der Waals surface area contributed by atoms with Crippen LogP contribution in [0.2, 0.25) is 0 Å². The number of amides is 2. The minimum atomic E-state index is -1.03. The molecule has 2 aromatic carbocycles. The molecule has 28 heavy (non-hydrogen) atoms. The zero-order valence-electron chi connectivity index (χ0n) is 15.6. The average Bonchev–Trinajstić information content (AvgIpc) is 3.17. The average molecular weight is 376 g/mol. The topological polar surface area (TPSA) is 78.7 Å². The van der Waals surface area contributed by atoms with Crippen LogP contribution in [0, 0.1) is 0 Å². The zero-order chi connectivity index (χ0) is 19.8. The Labute approximate surface area is 162 Å². The maximum absolute atomic E-state index is 12.1. The lowest BCUT2D eigenvalue weighted by Crippen LogP contribution is -2.51. The minimum Gasteiger partial charge on any atom is -0.465 e. The first kappa shape index (κ1) is 17.8. The van der Waals surface area contributed by atoms with E-state index in [0.717, 1.165) is 16.8 Å². The fourth-order valence-corrected chi connectivity index (χ4v) is 3.66. The summed E-state index contributed by atoms with van der Waals surface area (Å²) in [5.41, 5.74) is 3.75. The van der Waals surface area contributed by atoms with E-state index in [1.165, 1.54) is 11.8 Å². The second kappa shape index (κ2) is 6.84. The Bertz CT molecular complexity index is 1040. The van der Waals surface area contributed by atoms with Crippen LogP contribution in [0.3, 0.4) is 0 Å². The van der Waals surface area contributed by atoms with Crippen LogP contribution >= 0.6 is 0 Å². The molecule has 7 nitrogen and oxygen atoms in total. The van der Waals surface area contributed by atoms with Crippen LogP contribution in [0.4, 0.5) is 16.2 Å². The third-order valence-corrected chi connectivity index (χ3v) is 4.92. The molecule has 0 saturated carbocycles. The van der Waals surface area contributed by atoms with E-state index < -0.39 is 6.09 Å². The van der Waals surface area contributed by atoms with Crippen molar-refractivity contribution in [2.24, 2.45) is 0 Å². The Morgan fingerprint density at radius 2 is 1.82 bits per heavy atom. The van der Waals surface area contributed by atoms with Crippen molar-refractivity contribution in [1.29, 1.82) is 0 Å². The number of anilines is 2. The zero-order valence-corrected chi connectivity index (χ0v) is 15.6. The number of carboxylic acid groups (broad SMARTS) is 1. The van der Waals surface area contributed by atoms with Gasteiger partial charge in [-0.15, -0.1) is 0 Å². The van der Waals surface area contributed by atoms with Crippen LogP contribution in [0.5, 0.6) is 0 Å². The first-order chi connectivity index (χ1) is 13.5. The first-order valence-electron chi connectivity index (χ1n) is 9.00. The number of para-hydroxylation sites is 1. The fourth-order valence-electron chi connectivity index (χ4n) is 3.66. The Balaban J connectivity index is 1.77. The maximum atomic E-state index is 12.1. The van der Waals surface area contributed by atoms with Gasteiger partial charge in [0.25, 0.3) is 0 Å². The first-order valence-corrected chi connectivity index (χ1v) is 9.00.